The molecule has 7 heteroatoms. The maximum atomic E-state index is 12.7. The summed E-state index contributed by atoms with van der Waals surface area (Å²) in [5, 5.41) is 11.5. The Morgan fingerprint density at radius 2 is 1.74 bits per heavy atom. The lowest BCUT2D eigenvalue weighted by Crippen LogP contribution is -2.40. The molecule has 23 heavy (non-hydrogen) atoms. The topological polar surface area (TPSA) is 66.4 Å². The van der Waals surface area contributed by atoms with Gasteiger partial charge < -0.3 is 10.4 Å². The van der Waals surface area contributed by atoms with E-state index in [1.54, 1.807) is 30.3 Å². The summed E-state index contributed by atoms with van der Waals surface area (Å²) in [6.07, 6.45) is -5.05. The van der Waals surface area contributed by atoms with E-state index in [2.05, 4.69) is 5.32 Å². The maximum Gasteiger partial charge on any atom is 0.394 e. The molecule has 0 fully saturated rings. The van der Waals surface area contributed by atoms with Crippen LogP contribution >= 0.6 is 0 Å². The number of hydrogen-bond acceptors (Lipinski definition) is 2. The first-order valence-electron chi connectivity index (χ1n) is 7.13. The minimum atomic E-state index is -4.50. The summed E-state index contributed by atoms with van der Waals surface area (Å²) in [6, 6.07) is 8.83. The number of carbonyl (C=O) groups is 2. The largest absolute Gasteiger partial charge is 0.481 e. The van der Waals surface area contributed by atoms with Gasteiger partial charge in [-0.05, 0) is 12.0 Å². The van der Waals surface area contributed by atoms with E-state index in [4.69, 9.17) is 0 Å². The predicted molar refractivity (Wildman–Crippen MR) is 78.7 cm³/mol. The van der Waals surface area contributed by atoms with Gasteiger partial charge in [0.1, 0.15) is 0 Å². The van der Waals surface area contributed by atoms with Gasteiger partial charge in [-0.1, -0.05) is 44.2 Å². The molecule has 2 N–H and O–H groups in total. The zero-order valence-corrected chi connectivity index (χ0v) is 13.0. The van der Waals surface area contributed by atoms with Gasteiger partial charge in [0.25, 0.3) is 0 Å². The van der Waals surface area contributed by atoms with Crippen molar-refractivity contribution in [1.82, 2.24) is 5.32 Å². The summed E-state index contributed by atoms with van der Waals surface area (Å²) >= 11 is 0. The van der Waals surface area contributed by atoms with Crippen molar-refractivity contribution in [2.45, 2.75) is 32.9 Å². The zero-order chi connectivity index (χ0) is 17.7. The highest BCUT2D eigenvalue weighted by atomic mass is 19.4. The van der Waals surface area contributed by atoms with Crippen LogP contribution in [0.25, 0.3) is 0 Å². The van der Waals surface area contributed by atoms with Crippen molar-refractivity contribution in [3.05, 3.63) is 35.9 Å². The molecule has 0 aliphatic rings. The van der Waals surface area contributed by atoms with Gasteiger partial charge in [0.05, 0.1) is 11.3 Å². The number of alkyl halides is 3. The van der Waals surface area contributed by atoms with E-state index in [9.17, 15) is 27.9 Å². The van der Waals surface area contributed by atoms with Crippen LogP contribution in [-0.2, 0) is 16.0 Å². The first-order chi connectivity index (χ1) is 10.5. The van der Waals surface area contributed by atoms with Crippen LogP contribution in [0.15, 0.2) is 30.3 Å². The van der Waals surface area contributed by atoms with E-state index in [0.29, 0.717) is 0 Å². The van der Waals surface area contributed by atoms with Crippen LogP contribution in [0.4, 0.5) is 13.2 Å². The second-order valence-corrected chi connectivity index (χ2v) is 6.09. The van der Waals surface area contributed by atoms with Gasteiger partial charge in [0, 0.05) is 13.0 Å². The monoisotopic (exact) mass is 331 g/mol. The van der Waals surface area contributed by atoms with Crippen LogP contribution in [0.5, 0.6) is 0 Å². The first-order valence-corrected chi connectivity index (χ1v) is 7.13. The fraction of sp³-hybridized carbons (Fsp3) is 0.500. The molecule has 0 spiro atoms. The lowest BCUT2D eigenvalue weighted by molar-refractivity contribution is -0.213. The van der Waals surface area contributed by atoms with E-state index in [-0.39, 0.29) is 13.0 Å². The number of carbonyl (C=O) groups excluding carboxylic acids is 1. The van der Waals surface area contributed by atoms with Crippen molar-refractivity contribution < 1.29 is 27.9 Å². The molecule has 128 valence electrons. The summed E-state index contributed by atoms with van der Waals surface area (Å²) in [7, 11) is 0. The van der Waals surface area contributed by atoms with Crippen LogP contribution in [-0.4, -0.2) is 29.7 Å². The van der Waals surface area contributed by atoms with Gasteiger partial charge in [-0.2, -0.15) is 13.2 Å². The third kappa shape index (κ3) is 5.92. The number of aliphatic carboxylic acids is 1. The summed E-state index contributed by atoms with van der Waals surface area (Å²) in [4.78, 5) is 22.9. The number of carboxylic acid groups (broad SMARTS) is 1. The molecule has 0 saturated heterocycles. The van der Waals surface area contributed by atoms with Crippen LogP contribution in [0.2, 0.25) is 0 Å². The van der Waals surface area contributed by atoms with E-state index in [1.165, 1.54) is 0 Å². The molecule has 4 nitrogen and oxygen atoms in total. The fourth-order valence-corrected chi connectivity index (χ4v) is 1.95. The Morgan fingerprint density at radius 1 is 1.17 bits per heavy atom. The highest BCUT2D eigenvalue weighted by Gasteiger charge is 2.48. The van der Waals surface area contributed by atoms with Crippen LogP contribution in [0.3, 0.4) is 0 Å². The molecule has 1 amide bonds. The highest BCUT2D eigenvalue weighted by Crippen LogP contribution is 2.40. The van der Waals surface area contributed by atoms with Crippen molar-refractivity contribution >= 4 is 11.9 Å². The average molecular weight is 331 g/mol. The van der Waals surface area contributed by atoms with Crippen molar-refractivity contribution in [2.24, 2.45) is 11.3 Å². The van der Waals surface area contributed by atoms with E-state index < -0.39 is 35.8 Å². The second-order valence-electron chi connectivity index (χ2n) is 6.09. The molecule has 0 bridgehead atoms. The van der Waals surface area contributed by atoms with E-state index in [1.807, 2.05) is 0 Å². The Hall–Kier alpha value is -2.05. The SMILES string of the molecule is CC(C)(CC(=O)NCC(Cc1ccccc1)C(=O)O)C(F)(F)F. The number of nitrogens with one attached hydrogen (secondary N) is 1. The molecule has 0 heterocycles. The minimum Gasteiger partial charge on any atom is -0.481 e. The van der Waals surface area contributed by atoms with E-state index in [0.717, 1.165) is 19.4 Å². The van der Waals surface area contributed by atoms with Crippen LogP contribution in [0.1, 0.15) is 25.8 Å². The molecule has 0 radical (unpaired) electrons. The van der Waals surface area contributed by atoms with Crippen LogP contribution in [0, 0.1) is 11.3 Å². The Kier molecular flexibility index (Phi) is 6.18. The van der Waals surface area contributed by atoms with Gasteiger partial charge in [-0.25, -0.2) is 0 Å². The lowest BCUT2D eigenvalue weighted by Gasteiger charge is -2.27. The minimum absolute atomic E-state index is 0.194. The molecule has 0 aliphatic carbocycles. The summed E-state index contributed by atoms with van der Waals surface area (Å²) < 4.78 is 38.2. The summed E-state index contributed by atoms with van der Waals surface area (Å²) in [5.41, 5.74) is -1.38. The molecular weight excluding hydrogens is 311 g/mol. The highest BCUT2D eigenvalue weighted by molar-refractivity contribution is 5.78. The number of rotatable bonds is 7. The fourth-order valence-electron chi connectivity index (χ4n) is 1.95. The van der Waals surface area contributed by atoms with Crippen molar-refractivity contribution in [1.29, 1.82) is 0 Å². The molecule has 0 saturated carbocycles. The summed E-state index contributed by atoms with van der Waals surface area (Å²) in [6.45, 7) is 1.66. The Morgan fingerprint density at radius 3 is 2.22 bits per heavy atom. The normalized spacial score (nSPS) is 13.4. The van der Waals surface area contributed by atoms with Crippen molar-refractivity contribution in [3.8, 4) is 0 Å². The Bertz CT molecular complexity index is 541. The van der Waals surface area contributed by atoms with Crippen LogP contribution < -0.4 is 5.32 Å². The quantitative estimate of drug-likeness (QED) is 0.807. The van der Waals surface area contributed by atoms with Crippen molar-refractivity contribution in [2.75, 3.05) is 6.54 Å². The molecule has 0 aliphatic heterocycles. The summed E-state index contributed by atoms with van der Waals surface area (Å²) in [5.74, 6) is -2.81. The number of amides is 1. The zero-order valence-electron chi connectivity index (χ0n) is 13.0. The standard InChI is InChI=1S/C16H20F3NO3/c1-15(2,16(17,18)19)9-13(21)20-10-12(14(22)23)8-11-6-4-3-5-7-11/h3-7,12H,8-10H2,1-2H3,(H,20,21)(H,22,23). The first kappa shape index (κ1) is 19.0. The smallest absolute Gasteiger partial charge is 0.394 e. The van der Waals surface area contributed by atoms with E-state index >= 15 is 0 Å². The molecule has 1 aromatic carbocycles. The molecule has 1 unspecified atom stereocenters. The number of carboxylic acids is 1. The van der Waals surface area contributed by atoms with Gasteiger partial charge in [-0.3, -0.25) is 9.59 Å². The molecule has 0 aromatic heterocycles. The van der Waals surface area contributed by atoms with Crippen molar-refractivity contribution in [3.63, 3.8) is 0 Å². The number of halogens is 3. The van der Waals surface area contributed by atoms with Gasteiger partial charge in [0.15, 0.2) is 0 Å². The molecule has 1 rings (SSSR count). The van der Waals surface area contributed by atoms with Gasteiger partial charge >= 0.3 is 12.1 Å². The molecule has 1 atom stereocenters. The predicted octanol–water partition coefficient (Wildman–Crippen LogP) is 3.02. The lowest BCUT2D eigenvalue weighted by atomic mass is 9.88. The van der Waals surface area contributed by atoms with Gasteiger partial charge in [-0.15, -0.1) is 0 Å². The average Bonchev–Trinajstić information content (AvgIpc) is 2.42. The van der Waals surface area contributed by atoms with Gasteiger partial charge in [0.2, 0.25) is 5.91 Å². The molecular formula is C16H20F3NO3. The third-order valence-electron chi connectivity index (χ3n) is 3.59. The molecule has 1 aromatic rings. The maximum absolute atomic E-state index is 12.7. The number of hydrogen-bond donors (Lipinski definition) is 2. The Labute approximate surface area is 132 Å². The third-order valence-corrected chi connectivity index (χ3v) is 3.59. The number of benzene rings is 1. The second kappa shape index (κ2) is 7.48. The Balaban J connectivity index is 2.59.